The molecule has 0 saturated heterocycles. The summed E-state index contributed by atoms with van der Waals surface area (Å²) >= 11 is 0. The second kappa shape index (κ2) is 11.4. The monoisotopic (exact) mass is 534 g/mol. The smallest absolute Gasteiger partial charge is 0.0107 e. The van der Waals surface area contributed by atoms with Crippen LogP contribution in [-0.2, 0) is 5.75 Å². The lowest BCUT2D eigenvalue weighted by molar-refractivity contribution is 1.28. The summed E-state index contributed by atoms with van der Waals surface area (Å²) in [6.07, 6.45) is 2.50. The molecule has 0 aliphatic heterocycles. The maximum absolute atomic E-state index is 2.50. The summed E-state index contributed by atoms with van der Waals surface area (Å²) in [5, 5.41) is 0. The van der Waals surface area contributed by atoms with E-state index in [9.17, 15) is 0 Å². The van der Waals surface area contributed by atoms with Crippen molar-refractivity contribution in [2.24, 2.45) is 0 Å². The molecule has 6 rings (SSSR count). The molecule has 0 fully saturated rings. The predicted molar refractivity (Wildman–Crippen MR) is 174 cm³/mol. The molecule has 0 aliphatic rings. The summed E-state index contributed by atoms with van der Waals surface area (Å²) in [6, 6.07) is 57.7. The van der Waals surface area contributed by atoms with E-state index in [2.05, 4.69) is 171 Å². The fourth-order valence-electron chi connectivity index (χ4n) is 5.57. The van der Waals surface area contributed by atoms with Crippen molar-refractivity contribution in [2.45, 2.75) is 22.5 Å². The third-order valence-electron chi connectivity index (χ3n) is 7.82. The molecule has 0 aliphatic carbocycles. The van der Waals surface area contributed by atoms with E-state index in [1.54, 1.807) is 0 Å². The highest BCUT2D eigenvalue weighted by Crippen LogP contribution is 2.63. The number of rotatable bonds is 7. The molecule has 6 aromatic carbocycles. The van der Waals surface area contributed by atoms with E-state index >= 15 is 0 Å². The molecule has 0 unspecified atom stereocenters. The summed E-state index contributed by atoms with van der Waals surface area (Å²) in [6.45, 7) is 2.21. The van der Waals surface area contributed by atoms with Crippen LogP contribution < -0.4 is 0 Å². The van der Waals surface area contributed by atoms with Gasteiger partial charge in [0.1, 0.15) is 0 Å². The third-order valence-corrected chi connectivity index (χ3v) is 11.3. The zero-order chi connectivity index (χ0) is 27.4. The van der Waals surface area contributed by atoms with Crippen LogP contribution in [0.3, 0.4) is 0 Å². The van der Waals surface area contributed by atoms with Crippen molar-refractivity contribution >= 4 is 10.0 Å². The second-order valence-electron chi connectivity index (χ2n) is 10.5. The topological polar surface area (TPSA) is 0 Å². The van der Waals surface area contributed by atoms with Crippen molar-refractivity contribution in [1.82, 2.24) is 0 Å². The first kappa shape index (κ1) is 25.9. The van der Waals surface area contributed by atoms with Crippen LogP contribution in [0.2, 0.25) is 0 Å². The van der Waals surface area contributed by atoms with Gasteiger partial charge in [-0.3, -0.25) is 0 Å². The minimum atomic E-state index is -1.45. The van der Waals surface area contributed by atoms with E-state index in [1.807, 2.05) is 0 Å². The van der Waals surface area contributed by atoms with Crippen LogP contribution in [0.4, 0.5) is 0 Å². The van der Waals surface area contributed by atoms with Crippen LogP contribution >= 0.6 is 10.0 Å². The zero-order valence-corrected chi connectivity index (χ0v) is 23.9. The SMILES string of the molecule is Cc1ccccc1-c1ccccc1CS(C)(c1cccc(-c2ccccc2)c1)c1cccc(-c2ccccc2)c1. The fraction of sp³-hybridized carbons (Fsp3) is 0.0769. The van der Waals surface area contributed by atoms with Crippen LogP contribution in [0, 0.1) is 6.92 Å². The molecule has 0 saturated carbocycles. The Hall–Kier alpha value is -4.33. The van der Waals surface area contributed by atoms with Gasteiger partial charge in [-0.15, -0.1) is 0 Å². The maximum atomic E-state index is 2.50. The van der Waals surface area contributed by atoms with E-state index in [-0.39, 0.29) is 0 Å². The van der Waals surface area contributed by atoms with Crippen molar-refractivity contribution in [1.29, 1.82) is 0 Å². The summed E-state index contributed by atoms with van der Waals surface area (Å²) < 4.78 is 0. The molecular weight excluding hydrogens is 500 g/mol. The van der Waals surface area contributed by atoms with E-state index in [4.69, 9.17) is 0 Å². The first-order valence-electron chi connectivity index (χ1n) is 13.8. The molecule has 196 valence electrons. The van der Waals surface area contributed by atoms with Crippen LogP contribution in [-0.4, -0.2) is 6.26 Å². The highest BCUT2D eigenvalue weighted by Gasteiger charge is 2.26. The van der Waals surface area contributed by atoms with Gasteiger partial charge in [-0.2, -0.15) is 10.0 Å². The van der Waals surface area contributed by atoms with Gasteiger partial charge in [0.15, 0.2) is 0 Å². The van der Waals surface area contributed by atoms with Gasteiger partial charge in [-0.1, -0.05) is 133 Å². The van der Waals surface area contributed by atoms with Crippen molar-refractivity contribution in [3.63, 3.8) is 0 Å². The lowest BCUT2D eigenvalue weighted by Crippen LogP contribution is -2.06. The first-order chi connectivity index (χ1) is 19.6. The van der Waals surface area contributed by atoms with Gasteiger partial charge >= 0.3 is 0 Å². The van der Waals surface area contributed by atoms with Gasteiger partial charge in [0, 0.05) is 5.75 Å². The average Bonchev–Trinajstić information content (AvgIpc) is 3.03. The maximum Gasteiger partial charge on any atom is 0.0107 e. The van der Waals surface area contributed by atoms with E-state index in [1.165, 1.54) is 54.3 Å². The van der Waals surface area contributed by atoms with Gasteiger partial charge in [0.25, 0.3) is 0 Å². The molecule has 6 aromatic rings. The van der Waals surface area contributed by atoms with Crippen molar-refractivity contribution in [3.05, 3.63) is 169 Å². The molecule has 0 amide bonds. The van der Waals surface area contributed by atoms with Gasteiger partial charge < -0.3 is 0 Å². The molecule has 0 N–H and O–H groups in total. The van der Waals surface area contributed by atoms with E-state index < -0.39 is 10.0 Å². The lowest BCUT2D eigenvalue weighted by atomic mass is 9.97. The first-order valence-corrected chi connectivity index (χ1v) is 16.0. The Labute approximate surface area is 240 Å². The van der Waals surface area contributed by atoms with Crippen molar-refractivity contribution < 1.29 is 0 Å². The second-order valence-corrected chi connectivity index (χ2v) is 13.9. The average molecular weight is 535 g/mol. The Kier molecular flexibility index (Phi) is 7.40. The highest BCUT2D eigenvalue weighted by molar-refractivity contribution is 8.32. The number of benzene rings is 6. The van der Waals surface area contributed by atoms with Gasteiger partial charge in [-0.05, 0) is 91.7 Å². The highest BCUT2D eigenvalue weighted by atomic mass is 32.3. The number of aryl methyl sites for hydroxylation is 1. The van der Waals surface area contributed by atoms with Gasteiger partial charge in [0.2, 0.25) is 0 Å². The van der Waals surface area contributed by atoms with Crippen LogP contribution in [0.25, 0.3) is 33.4 Å². The third kappa shape index (κ3) is 5.26. The predicted octanol–water partition coefficient (Wildman–Crippen LogP) is 11.0. The van der Waals surface area contributed by atoms with E-state index in [0.717, 1.165) is 5.75 Å². The molecule has 40 heavy (non-hydrogen) atoms. The van der Waals surface area contributed by atoms with Crippen LogP contribution in [0.5, 0.6) is 0 Å². The van der Waals surface area contributed by atoms with Crippen LogP contribution in [0.15, 0.2) is 168 Å². The Morgan fingerprint density at radius 2 is 0.875 bits per heavy atom. The number of hydrogen-bond donors (Lipinski definition) is 0. The molecule has 1 heteroatoms. The van der Waals surface area contributed by atoms with Crippen molar-refractivity contribution in [2.75, 3.05) is 6.26 Å². The Morgan fingerprint density at radius 1 is 0.425 bits per heavy atom. The molecular formula is C39H34S. The summed E-state index contributed by atoms with van der Waals surface area (Å²) in [7, 11) is -1.45. The fourth-order valence-corrected chi connectivity index (χ4v) is 8.58. The van der Waals surface area contributed by atoms with Gasteiger partial charge in [0.05, 0.1) is 0 Å². The largest absolute Gasteiger partial charge is 0.186 e. The Bertz CT molecular complexity index is 1650. The quantitative estimate of drug-likeness (QED) is 0.191. The Balaban J connectivity index is 1.52. The van der Waals surface area contributed by atoms with Crippen LogP contribution in [0.1, 0.15) is 11.1 Å². The molecule has 0 spiro atoms. The number of hydrogen-bond acceptors (Lipinski definition) is 0. The zero-order valence-electron chi connectivity index (χ0n) is 23.1. The Morgan fingerprint density at radius 3 is 1.43 bits per heavy atom. The molecule has 0 bridgehead atoms. The minimum absolute atomic E-state index is 0.966. The lowest BCUT2D eigenvalue weighted by Gasteiger charge is -2.38. The normalized spacial score (nSPS) is 11.8. The van der Waals surface area contributed by atoms with Gasteiger partial charge in [-0.25, -0.2) is 0 Å². The molecule has 0 heterocycles. The molecule has 0 nitrogen and oxygen atoms in total. The van der Waals surface area contributed by atoms with Crippen molar-refractivity contribution in [3.8, 4) is 33.4 Å². The molecule has 0 radical (unpaired) electrons. The standard InChI is InChI=1S/C39H34S/c1-30-15-9-11-25-38(30)39-26-12-10-20-35(39)29-40(2,36-23-13-21-33(27-36)31-16-5-3-6-17-31)37-24-14-22-34(28-37)32-18-7-4-8-19-32/h3-28H,29H2,1-2H3. The van der Waals surface area contributed by atoms with E-state index in [0.29, 0.717) is 0 Å². The summed E-state index contributed by atoms with van der Waals surface area (Å²) in [4.78, 5) is 2.80. The minimum Gasteiger partial charge on any atom is -0.186 e. The molecule has 0 atom stereocenters. The summed E-state index contributed by atoms with van der Waals surface area (Å²) in [5.74, 6) is 0.966. The summed E-state index contributed by atoms with van der Waals surface area (Å²) in [5.41, 5.74) is 10.4. The molecule has 0 aromatic heterocycles.